The number of aliphatic hydroxyl groups is 1. The molecule has 0 spiro atoms. The Kier molecular flexibility index (Phi) is 4.81. The van der Waals surface area contributed by atoms with E-state index >= 15 is 0 Å². The molecule has 0 aliphatic carbocycles. The summed E-state index contributed by atoms with van der Waals surface area (Å²) in [5.41, 5.74) is 1.24. The second-order valence-electron chi connectivity index (χ2n) is 4.90. The van der Waals surface area contributed by atoms with Crippen LogP contribution in [0.5, 0.6) is 0 Å². The molecule has 1 aliphatic heterocycles. The highest BCUT2D eigenvalue weighted by molar-refractivity contribution is 5.54. The summed E-state index contributed by atoms with van der Waals surface area (Å²) in [4.78, 5) is 6.71. The van der Waals surface area contributed by atoms with Crippen LogP contribution in [0.1, 0.15) is 26.2 Å². The highest BCUT2D eigenvalue weighted by Crippen LogP contribution is 2.25. The van der Waals surface area contributed by atoms with Crippen molar-refractivity contribution in [1.29, 1.82) is 0 Å². The highest BCUT2D eigenvalue weighted by atomic mass is 16.3. The van der Waals surface area contributed by atoms with Crippen LogP contribution < -0.4 is 10.2 Å². The monoisotopic (exact) mass is 249 g/mol. The largest absolute Gasteiger partial charge is 0.396 e. The smallest absolute Gasteiger partial charge is 0.127 e. The maximum atomic E-state index is 9.05. The van der Waals surface area contributed by atoms with Crippen LogP contribution in [-0.4, -0.2) is 36.3 Å². The number of hydrogen-bond acceptors (Lipinski definition) is 4. The van der Waals surface area contributed by atoms with E-state index in [1.165, 1.54) is 18.5 Å². The summed E-state index contributed by atoms with van der Waals surface area (Å²) in [7, 11) is 0. The second kappa shape index (κ2) is 6.59. The van der Waals surface area contributed by atoms with Crippen molar-refractivity contribution in [3.8, 4) is 0 Å². The molecule has 100 valence electrons. The van der Waals surface area contributed by atoms with Crippen LogP contribution in [0.3, 0.4) is 0 Å². The fraction of sp³-hybridized carbons (Fsp3) is 0.643. The Morgan fingerprint density at radius 1 is 1.56 bits per heavy atom. The van der Waals surface area contributed by atoms with E-state index in [9.17, 15) is 0 Å². The van der Waals surface area contributed by atoms with E-state index < -0.39 is 0 Å². The average molecular weight is 249 g/mol. The Hall–Kier alpha value is -1.29. The zero-order chi connectivity index (χ0) is 12.8. The van der Waals surface area contributed by atoms with Crippen molar-refractivity contribution in [1.82, 2.24) is 4.98 Å². The number of hydrogen-bond donors (Lipinski definition) is 2. The van der Waals surface area contributed by atoms with Gasteiger partial charge in [-0.3, -0.25) is 0 Å². The molecule has 1 atom stereocenters. The Bertz CT molecular complexity index is 368. The van der Waals surface area contributed by atoms with Gasteiger partial charge < -0.3 is 15.3 Å². The normalized spacial score (nSPS) is 19.9. The molecule has 0 saturated carbocycles. The van der Waals surface area contributed by atoms with Gasteiger partial charge in [-0.15, -0.1) is 0 Å². The van der Waals surface area contributed by atoms with Crippen molar-refractivity contribution in [2.45, 2.75) is 26.2 Å². The molecule has 1 aliphatic rings. The third-order valence-corrected chi connectivity index (χ3v) is 3.52. The van der Waals surface area contributed by atoms with Crippen LogP contribution in [0.4, 0.5) is 11.5 Å². The first-order valence-electron chi connectivity index (χ1n) is 6.89. The summed E-state index contributed by atoms with van der Waals surface area (Å²) in [5.74, 6) is 1.57. The number of nitrogens with zero attached hydrogens (tertiary/aromatic N) is 2. The van der Waals surface area contributed by atoms with Gasteiger partial charge >= 0.3 is 0 Å². The molecule has 2 heterocycles. The van der Waals surface area contributed by atoms with E-state index in [-0.39, 0.29) is 0 Å². The molecule has 4 nitrogen and oxygen atoms in total. The third-order valence-electron chi connectivity index (χ3n) is 3.52. The van der Waals surface area contributed by atoms with Gasteiger partial charge in [0.2, 0.25) is 0 Å². The summed E-state index contributed by atoms with van der Waals surface area (Å²) >= 11 is 0. The number of aromatic nitrogens is 1. The van der Waals surface area contributed by atoms with E-state index in [0.717, 1.165) is 31.9 Å². The minimum Gasteiger partial charge on any atom is -0.396 e. The van der Waals surface area contributed by atoms with E-state index in [4.69, 9.17) is 5.11 Å². The van der Waals surface area contributed by atoms with Crippen molar-refractivity contribution in [2.75, 3.05) is 36.5 Å². The molecule has 1 fully saturated rings. The van der Waals surface area contributed by atoms with Gasteiger partial charge in [0.25, 0.3) is 0 Å². The zero-order valence-electron chi connectivity index (χ0n) is 11.1. The standard InChI is InChI=1S/C14H23N3O/c1-2-15-14-10-13(5-7-16-14)17-8-3-4-12(11-17)6-9-18/h5,7,10,12,18H,2-4,6,8-9,11H2,1H3,(H,15,16). The lowest BCUT2D eigenvalue weighted by Crippen LogP contribution is -2.35. The molecule has 1 saturated heterocycles. The van der Waals surface area contributed by atoms with E-state index in [2.05, 4.69) is 34.3 Å². The zero-order valence-corrected chi connectivity index (χ0v) is 11.1. The maximum absolute atomic E-state index is 9.05. The van der Waals surface area contributed by atoms with Crippen LogP contribution in [0.25, 0.3) is 0 Å². The van der Waals surface area contributed by atoms with Gasteiger partial charge in [0.1, 0.15) is 5.82 Å². The summed E-state index contributed by atoms with van der Waals surface area (Å²) in [5, 5.41) is 12.3. The molecule has 0 bridgehead atoms. The number of aliphatic hydroxyl groups excluding tert-OH is 1. The van der Waals surface area contributed by atoms with Gasteiger partial charge in [0.05, 0.1) is 0 Å². The van der Waals surface area contributed by atoms with Gasteiger partial charge in [-0.1, -0.05) is 0 Å². The van der Waals surface area contributed by atoms with Crippen molar-refractivity contribution in [2.24, 2.45) is 5.92 Å². The lowest BCUT2D eigenvalue weighted by atomic mass is 9.95. The SMILES string of the molecule is CCNc1cc(N2CCCC(CCO)C2)ccn1. The Balaban J connectivity index is 2.03. The number of pyridine rings is 1. The van der Waals surface area contributed by atoms with Crippen molar-refractivity contribution >= 4 is 11.5 Å². The Labute approximate surface area is 109 Å². The first-order valence-corrected chi connectivity index (χ1v) is 6.89. The lowest BCUT2D eigenvalue weighted by molar-refractivity contribution is 0.244. The lowest BCUT2D eigenvalue weighted by Gasteiger charge is -2.34. The minimum absolute atomic E-state index is 0.303. The summed E-state index contributed by atoms with van der Waals surface area (Å²) in [6.07, 6.45) is 5.23. The summed E-state index contributed by atoms with van der Waals surface area (Å²) in [6, 6.07) is 4.19. The summed E-state index contributed by atoms with van der Waals surface area (Å²) < 4.78 is 0. The summed E-state index contributed by atoms with van der Waals surface area (Å²) in [6.45, 7) is 5.43. The molecule has 1 aromatic rings. The van der Waals surface area contributed by atoms with E-state index in [0.29, 0.717) is 12.5 Å². The highest BCUT2D eigenvalue weighted by Gasteiger charge is 2.19. The molecule has 1 aromatic heterocycles. The number of nitrogens with one attached hydrogen (secondary N) is 1. The van der Waals surface area contributed by atoms with Gasteiger partial charge in [0.15, 0.2) is 0 Å². The Morgan fingerprint density at radius 2 is 2.44 bits per heavy atom. The predicted octanol–water partition coefficient (Wildman–Crippen LogP) is 2.11. The third kappa shape index (κ3) is 3.35. The van der Waals surface area contributed by atoms with E-state index in [1.807, 2.05) is 6.20 Å². The molecule has 0 amide bonds. The fourth-order valence-corrected chi connectivity index (χ4v) is 2.61. The van der Waals surface area contributed by atoms with Gasteiger partial charge in [0, 0.05) is 44.2 Å². The first-order chi connectivity index (χ1) is 8.83. The molecule has 2 N–H and O–H groups in total. The molecule has 0 radical (unpaired) electrons. The fourth-order valence-electron chi connectivity index (χ4n) is 2.61. The first kappa shape index (κ1) is 13.1. The van der Waals surface area contributed by atoms with Crippen molar-refractivity contribution < 1.29 is 5.11 Å². The van der Waals surface area contributed by atoms with Crippen LogP contribution in [0.2, 0.25) is 0 Å². The second-order valence-corrected chi connectivity index (χ2v) is 4.90. The van der Waals surface area contributed by atoms with Crippen LogP contribution in [0, 0.1) is 5.92 Å². The predicted molar refractivity (Wildman–Crippen MR) is 75.0 cm³/mol. The molecule has 2 rings (SSSR count). The van der Waals surface area contributed by atoms with Crippen LogP contribution in [-0.2, 0) is 0 Å². The molecular weight excluding hydrogens is 226 g/mol. The molecule has 0 aromatic carbocycles. The molecule has 4 heteroatoms. The number of piperidine rings is 1. The quantitative estimate of drug-likeness (QED) is 0.839. The molecular formula is C14H23N3O. The Morgan fingerprint density at radius 3 is 3.22 bits per heavy atom. The maximum Gasteiger partial charge on any atom is 0.127 e. The number of anilines is 2. The number of rotatable bonds is 5. The van der Waals surface area contributed by atoms with Crippen molar-refractivity contribution in [3.05, 3.63) is 18.3 Å². The van der Waals surface area contributed by atoms with Gasteiger partial charge in [-0.25, -0.2) is 4.98 Å². The molecule has 1 unspecified atom stereocenters. The minimum atomic E-state index is 0.303. The molecule has 18 heavy (non-hydrogen) atoms. The van der Waals surface area contributed by atoms with Crippen LogP contribution >= 0.6 is 0 Å². The van der Waals surface area contributed by atoms with E-state index in [1.54, 1.807) is 0 Å². The van der Waals surface area contributed by atoms with Gasteiger partial charge in [-0.05, 0) is 38.2 Å². The van der Waals surface area contributed by atoms with Gasteiger partial charge in [-0.2, -0.15) is 0 Å². The topological polar surface area (TPSA) is 48.4 Å². The average Bonchev–Trinajstić information content (AvgIpc) is 2.40. The van der Waals surface area contributed by atoms with Crippen LogP contribution in [0.15, 0.2) is 18.3 Å². The van der Waals surface area contributed by atoms with Crippen molar-refractivity contribution in [3.63, 3.8) is 0 Å².